The zero-order chi connectivity index (χ0) is 16.2. The van der Waals surface area contributed by atoms with Crippen LogP contribution in [0.25, 0.3) is 0 Å². The van der Waals surface area contributed by atoms with E-state index in [2.05, 4.69) is 10.2 Å². The van der Waals surface area contributed by atoms with Crippen LogP contribution in [0.1, 0.15) is 5.82 Å². The lowest BCUT2D eigenvalue weighted by molar-refractivity contribution is 0.291. The first kappa shape index (κ1) is 15.0. The molecule has 0 saturated heterocycles. The quantitative estimate of drug-likeness (QED) is 0.725. The average Bonchev–Trinajstić information content (AvgIpc) is 2.95. The normalized spacial score (nSPS) is 10.6. The van der Waals surface area contributed by atoms with Gasteiger partial charge in [-0.1, -0.05) is 18.2 Å². The van der Waals surface area contributed by atoms with Crippen LogP contribution in [0, 0.1) is 5.82 Å². The Kier molecular flexibility index (Phi) is 4.23. The van der Waals surface area contributed by atoms with Crippen LogP contribution < -0.4 is 9.64 Å². The van der Waals surface area contributed by atoms with Crippen molar-refractivity contribution in [2.75, 3.05) is 11.9 Å². The summed E-state index contributed by atoms with van der Waals surface area (Å²) in [5.74, 6) is 1.88. The van der Waals surface area contributed by atoms with E-state index in [1.807, 2.05) is 53.9 Å². The molecule has 0 amide bonds. The van der Waals surface area contributed by atoms with E-state index in [0.717, 1.165) is 11.4 Å². The second-order valence-electron chi connectivity index (χ2n) is 5.11. The van der Waals surface area contributed by atoms with Crippen molar-refractivity contribution in [3.63, 3.8) is 0 Å². The second kappa shape index (κ2) is 6.48. The summed E-state index contributed by atoms with van der Waals surface area (Å²) in [6.45, 7) is 0.324. The molecule has 3 aromatic rings. The summed E-state index contributed by atoms with van der Waals surface area (Å²) in [5.41, 5.74) is 0.831. The SMILES string of the molecule is CN(c1ccc(F)cc1)c1nnc(COc2ccccc2)n1C. The van der Waals surface area contributed by atoms with Crippen LogP contribution in [0.3, 0.4) is 0 Å². The monoisotopic (exact) mass is 312 g/mol. The molecule has 6 heteroatoms. The molecule has 0 bridgehead atoms. The first-order valence-electron chi connectivity index (χ1n) is 7.20. The Bertz CT molecular complexity index is 771. The van der Waals surface area contributed by atoms with Gasteiger partial charge in [-0.25, -0.2) is 4.39 Å². The lowest BCUT2D eigenvalue weighted by Crippen LogP contribution is -2.15. The molecule has 0 saturated carbocycles. The van der Waals surface area contributed by atoms with Crippen molar-refractivity contribution in [2.24, 2.45) is 7.05 Å². The van der Waals surface area contributed by atoms with E-state index in [1.54, 1.807) is 12.1 Å². The van der Waals surface area contributed by atoms with Gasteiger partial charge in [0.15, 0.2) is 5.82 Å². The maximum absolute atomic E-state index is 13.0. The number of aromatic nitrogens is 3. The summed E-state index contributed by atoms with van der Waals surface area (Å²) < 4.78 is 20.6. The second-order valence-corrected chi connectivity index (χ2v) is 5.11. The number of rotatable bonds is 5. The third-order valence-corrected chi connectivity index (χ3v) is 3.57. The van der Waals surface area contributed by atoms with Gasteiger partial charge in [0.1, 0.15) is 18.2 Å². The van der Waals surface area contributed by atoms with Gasteiger partial charge in [-0.3, -0.25) is 4.57 Å². The van der Waals surface area contributed by atoms with Gasteiger partial charge >= 0.3 is 0 Å². The number of hydrogen-bond donors (Lipinski definition) is 0. The predicted octanol–water partition coefficient (Wildman–Crippen LogP) is 3.30. The van der Waals surface area contributed by atoms with Gasteiger partial charge in [-0.05, 0) is 36.4 Å². The molecular formula is C17H17FN4O. The van der Waals surface area contributed by atoms with Crippen molar-refractivity contribution in [3.05, 3.63) is 66.2 Å². The first-order valence-corrected chi connectivity index (χ1v) is 7.20. The number of anilines is 2. The van der Waals surface area contributed by atoms with Crippen molar-refractivity contribution >= 4 is 11.6 Å². The molecule has 5 nitrogen and oxygen atoms in total. The van der Waals surface area contributed by atoms with Gasteiger partial charge in [0.2, 0.25) is 5.95 Å². The zero-order valence-electron chi connectivity index (χ0n) is 13.0. The van der Waals surface area contributed by atoms with Gasteiger partial charge in [-0.15, -0.1) is 10.2 Å². The molecule has 3 rings (SSSR count). The topological polar surface area (TPSA) is 43.2 Å². The van der Waals surface area contributed by atoms with E-state index < -0.39 is 0 Å². The number of halogens is 1. The summed E-state index contributed by atoms with van der Waals surface area (Å²) in [6.07, 6.45) is 0. The summed E-state index contributed by atoms with van der Waals surface area (Å²) in [5, 5.41) is 8.36. The van der Waals surface area contributed by atoms with Gasteiger partial charge in [0, 0.05) is 19.8 Å². The number of nitrogens with zero attached hydrogens (tertiary/aromatic N) is 4. The lowest BCUT2D eigenvalue weighted by Gasteiger charge is -2.18. The van der Waals surface area contributed by atoms with Crippen LogP contribution in [-0.4, -0.2) is 21.8 Å². The summed E-state index contributed by atoms with van der Waals surface area (Å²) in [7, 11) is 3.73. The minimum atomic E-state index is -0.267. The highest BCUT2D eigenvalue weighted by atomic mass is 19.1. The molecule has 2 aromatic carbocycles. The Morgan fingerprint density at radius 1 is 1.04 bits per heavy atom. The van der Waals surface area contributed by atoms with E-state index in [4.69, 9.17) is 4.74 Å². The molecule has 1 heterocycles. The fourth-order valence-corrected chi connectivity index (χ4v) is 2.21. The minimum absolute atomic E-state index is 0.267. The highest BCUT2D eigenvalue weighted by molar-refractivity contribution is 5.56. The number of ether oxygens (including phenoxy) is 1. The fraction of sp³-hybridized carbons (Fsp3) is 0.176. The van der Waals surface area contributed by atoms with Crippen LogP contribution in [0.15, 0.2) is 54.6 Å². The highest BCUT2D eigenvalue weighted by Gasteiger charge is 2.14. The number of benzene rings is 2. The molecule has 118 valence electrons. The third kappa shape index (κ3) is 3.31. The van der Waals surface area contributed by atoms with Gasteiger partial charge < -0.3 is 9.64 Å². The van der Waals surface area contributed by atoms with E-state index >= 15 is 0 Å². The molecule has 0 N–H and O–H groups in total. The van der Waals surface area contributed by atoms with Crippen molar-refractivity contribution < 1.29 is 9.13 Å². The molecule has 0 aliphatic heterocycles. The molecule has 0 aliphatic carbocycles. The molecular weight excluding hydrogens is 295 g/mol. The Morgan fingerprint density at radius 2 is 1.74 bits per heavy atom. The maximum Gasteiger partial charge on any atom is 0.231 e. The minimum Gasteiger partial charge on any atom is -0.486 e. The van der Waals surface area contributed by atoms with Crippen molar-refractivity contribution in [1.82, 2.24) is 14.8 Å². The van der Waals surface area contributed by atoms with Crippen molar-refractivity contribution in [2.45, 2.75) is 6.61 Å². The molecule has 0 aliphatic rings. The van der Waals surface area contributed by atoms with Crippen LogP contribution >= 0.6 is 0 Å². The summed E-state index contributed by atoms with van der Waals surface area (Å²) in [6, 6.07) is 15.8. The van der Waals surface area contributed by atoms with Crippen LogP contribution in [0.2, 0.25) is 0 Å². The predicted molar refractivity (Wildman–Crippen MR) is 86.2 cm³/mol. The third-order valence-electron chi connectivity index (χ3n) is 3.57. The van der Waals surface area contributed by atoms with E-state index in [-0.39, 0.29) is 5.82 Å². The van der Waals surface area contributed by atoms with Crippen LogP contribution in [-0.2, 0) is 13.7 Å². The molecule has 23 heavy (non-hydrogen) atoms. The highest BCUT2D eigenvalue weighted by Crippen LogP contribution is 2.22. The van der Waals surface area contributed by atoms with Crippen molar-refractivity contribution in [3.8, 4) is 5.75 Å². The van der Waals surface area contributed by atoms with Gasteiger partial charge in [0.25, 0.3) is 0 Å². The molecule has 0 spiro atoms. The van der Waals surface area contributed by atoms with E-state index in [1.165, 1.54) is 12.1 Å². The van der Waals surface area contributed by atoms with Crippen LogP contribution in [0.4, 0.5) is 16.0 Å². The Balaban J connectivity index is 1.75. The Labute approximate surface area is 134 Å². The lowest BCUT2D eigenvalue weighted by atomic mass is 10.3. The molecule has 0 atom stereocenters. The molecule has 0 radical (unpaired) electrons. The van der Waals surface area contributed by atoms with Crippen LogP contribution in [0.5, 0.6) is 5.75 Å². The van der Waals surface area contributed by atoms with Crippen molar-refractivity contribution in [1.29, 1.82) is 0 Å². The number of hydrogen-bond acceptors (Lipinski definition) is 4. The van der Waals surface area contributed by atoms with E-state index in [9.17, 15) is 4.39 Å². The Hall–Kier alpha value is -2.89. The summed E-state index contributed by atoms with van der Waals surface area (Å²) in [4.78, 5) is 1.85. The molecule has 0 fully saturated rings. The summed E-state index contributed by atoms with van der Waals surface area (Å²) >= 11 is 0. The largest absolute Gasteiger partial charge is 0.486 e. The standard InChI is InChI=1S/C17H17FN4O/c1-21(14-10-8-13(18)9-11-14)17-20-19-16(22(17)2)12-23-15-6-4-3-5-7-15/h3-11H,12H2,1-2H3. The van der Waals surface area contributed by atoms with E-state index in [0.29, 0.717) is 18.4 Å². The average molecular weight is 312 g/mol. The van der Waals surface area contributed by atoms with Gasteiger partial charge in [-0.2, -0.15) is 0 Å². The first-order chi connectivity index (χ1) is 11.1. The zero-order valence-corrected chi connectivity index (χ0v) is 13.0. The molecule has 0 unspecified atom stereocenters. The van der Waals surface area contributed by atoms with Gasteiger partial charge in [0.05, 0.1) is 0 Å². The smallest absolute Gasteiger partial charge is 0.231 e. The number of para-hydroxylation sites is 1. The Morgan fingerprint density at radius 3 is 2.43 bits per heavy atom. The molecule has 1 aromatic heterocycles. The fourth-order valence-electron chi connectivity index (χ4n) is 2.21. The maximum atomic E-state index is 13.0.